The van der Waals surface area contributed by atoms with Crippen LogP contribution in [0.1, 0.15) is 67.0 Å². The molecule has 0 N–H and O–H groups in total. The fourth-order valence-electron chi connectivity index (χ4n) is 5.99. The van der Waals surface area contributed by atoms with Gasteiger partial charge in [-0.25, -0.2) is 9.48 Å². The van der Waals surface area contributed by atoms with Gasteiger partial charge in [-0.1, -0.05) is 35.4 Å². The molecule has 0 aromatic heterocycles. The summed E-state index contributed by atoms with van der Waals surface area (Å²) in [7, 11) is -2.65. The van der Waals surface area contributed by atoms with E-state index < -0.39 is 8.80 Å². The van der Waals surface area contributed by atoms with Crippen LogP contribution in [0, 0.1) is 41.5 Å². The summed E-state index contributed by atoms with van der Waals surface area (Å²) in [6.45, 7) is 22.2. The minimum absolute atomic E-state index is 0.363. The van der Waals surface area contributed by atoms with Gasteiger partial charge in [-0.15, -0.1) is 0 Å². The lowest BCUT2D eigenvalue weighted by Gasteiger charge is -2.29. The molecule has 2 aromatic rings. The van der Waals surface area contributed by atoms with Crippen LogP contribution in [0.25, 0.3) is 0 Å². The van der Waals surface area contributed by atoms with Crippen molar-refractivity contribution < 1.29 is 17.9 Å². The van der Waals surface area contributed by atoms with E-state index in [4.69, 9.17) is 13.3 Å². The lowest BCUT2D eigenvalue weighted by Crippen LogP contribution is -2.46. The van der Waals surface area contributed by atoms with Crippen LogP contribution in [0.3, 0.4) is 0 Å². The molecule has 0 amide bonds. The molecule has 1 atom stereocenters. The fourth-order valence-corrected chi connectivity index (χ4v) is 8.63. The zero-order valence-electron chi connectivity index (χ0n) is 24.0. The zero-order valence-corrected chi connectivity index (χ0v) is 25.0. The Kier molecular flexibility index (Phi) is 9.92. The van der Waals surface area contributed by atoms with Gasteiger partial charge in [0.05, 0.1) is 0 Å². The Hall–Kier alpha value is -1.99. The predicted octanol–water partition coefficient (Wildman–Crippen LogP) is 6.93. The van der Waals surface area contributed by atoms with E-state index >= 15 is 0 Å². The lowest BCUT2D eigenvalue weighted by molar-refractivity contribution is -0.429. The number of hydrogen-bond acceptors (Lipinski definition) is 4. The maximum Gasteiger partial charge on any atom is 0.500 e. The van der Waals surface area contributed by atoms with E-state index in [2.05, 4.69) is 81.6 Å². The third kappa shape index (κ3) is 6.46. The van der Waals surface area contributed by atoms with Crippen LogP contribution < -0.4 is 4.90 Å². The molecular formula is C30H47N2O3Si+. The van der Waals surface area contributed by atoms with Crippen LogP contribution in [0.5, 0.6) is 0 Å². The molecular weight excluding hydrogens is 464 g/mol. The summed E-state index contributed by atoms with van der Waals surface area (Å²) in [5.74, 6) is 0. The molecule has 3 rings (SSSR count). The molecule has 1 aliphatic heterocycles. The normalized spacial score (nSPS) is 16.1. The van der Waals surface area contributed by atoms with Crippen LogP contribution in [-0.4, -0.2) is 52.1 Å². The molecule has 5 nitrogen and oxygen atoms in total. The molecule has 0 saturated carbocycles. The lowest BCUT2D eigenvalue weighted by atomic mass is 10.0. The van der Waals surface area contributed by atoms with Crippen molar-refractivity contribution in [1.82, 2.24) is 0 Å². The Labute approximate surface area is 220 Å². The first-order valence-corrected chi connectivity index (χ1v) is 15.5. The molecule has 1 aliphatic rings. The summed E-state index contributed by atoms with van der Waals surface area (Å²) in [6, 6.07) is 10.4. The largest absolute Gasteiger partial charge is 0.500 e. The van der Waals surface area contributed by atoms with Crippen LogP contribution in [-0.2, 0) is 13.3 Å². The topological polar surface area (TPSA) is 33.9 Å². The maximum atomic E-state index is 6.13. The molecule has 0 bridgehead atoms. The standard InChI is InChI=1S/C30H47N2O3Si/c1-10-33-36(34-11-2,35-12-3)15-13-14-28-20-31(29-24(6)16-22(4)17-25(29)7)21-32(28)30-26(8)18-23(5)19-27(30)9/h16-19,21,28H,10-15,20H2,1-9H3/q+1. The SMILES string of the molecule is CCO[Si](CCCC1C[N+](c2c(C)cc(C)cc2C)=CN1c1c(C)cc(C)cc1C)(OCC)OCC. The molecule has 1 heterocycles. The Morgan fingerprint density at radius 2 is 1.25 bits per heavy atom. The van der Waals surface area contributed by atoms with Gasteiger partial charge in [-0.3, -0.25) is 0 Å². The maximum absolute atomic E-state index is 6.13. The van der Waals surface area contributed by atoms with Gasteiger partial charge in [-0.2, -0.15) is 0 Å². The first-order chi connectivity index (χ1) is 17.1. The van der Waals surface area contributed by atoms with Crippen molar-refractivity contribution in [3.8, 4) is 0 Å². The Morgan fingerprint density at radius 3 is 1.72 bits per heavy atom. The van der Waals surface area contributed by atoms with Crippen molar-refractivity contribution in [3.63, 3.8) is 0 Å². The van der Waals surface area contributed by atoms with Gasteiger partial charge in [0, 0.05) is 25.9 Å². The Bertz CT molecular complexity index is 1020. The molecule has 6 heteroatoms. The van der Waals surface area contributed by atoms with Crippen molar-refractivity contribution >= 4 is 26.5 Å². The van der Waals surface area contributed by atoms with Gasteiger partial charge in [0.2, 0.25) is 6.34 Å². The van der Waals surface area contributed by atoms with Crippen molar-refractivity contribution in [2.24, 2.45) is 0 Å². The molecule has 2 aromatic carbocycles. The summed E-state index contributed by atoms with van der Waals surface area (Å²) >= 11 is 0. The third-order valence-corrected chi connectivity index (χ3v) is 10.1. The molecule has 0 fully saturated rings. The average Bonchev–Trinajstić information content (AvgIpc) is 3.16. The summed E-state index contributed by atoms with van der Waals surface area (Å²) in [6.07, 6.45) is 4.40. The van der Waals surface area contributed by atoms with Gasteiger partial charge >= 0.3 is 8.80 Å². The fraction of sp³-hybridized carbons (Fsp3) is 0.567. The third-order valence-electron chi connectivity index (χ3n) is 6.99. The van der Waals surface area contributed by atoms with E-state index in [0.29, 0.717) is 25.9 Å². The van der Waals surface area contributed by atoms with Crippen LogP contribution in [0.2, 0.25) is 6.04 Å². The number of aryl methyl sites for hydroxylation is 6. The summed E-state index contributed by atoms with van der Waals surface area (Å²) in [5.41, 5.74) is 10.6. The molecule has 0 radical (unpaired) electrons. The van der Waals surface area contributed by atoms with Gasteiger partial charge in [-0.05, 0) is 97.4 Å². The average molecular weight is 512 g/mol. The summed E-state index contributed by atoms with van der Waals surface area (Å²) in [4.78, 5) is 2.52. The first kappa shape index (κ1) is 28.6. The second kappa shape index (κ2) is 12.5. The highest BCUT2D eigenvalue weighted by Gasteiger charge is 2.42. The number of rotatable bonds is 12. The predicted molar refractivity (Wildman–Crippen MR) is 153 cm³/mol. The molecule has 0 aliphatic carbocycles. The minimum atomic E-state index is -2.65. The first-order valence-electron chi connectivity index (χ1n) is 13.6. The van der Waals surface area contributed by atoms with E-state index in [0.717, 1.165) is 25.4 Å². The quantitative estimate of drug-likeness (QED) is 0.229. The molecule has 198 valence electrons. The Morgan fingerprint density at radius 1 is 0.778 bits per heavy atom. The van der Waals surface area contributed by atoms with E-state index in [1.807, 2.05) is 20.8 Å². The van der Waals surface area contributed by atoms with E-state index in [-0.39, 0.29) is 0 Å². The van der Waals surface area contributed by atoms with Crippen molar-refractivity contribution in [2.45, 2.75) is 87.2 Å². The van der Waals surface area contributed by atoms with Gasteiger partial charge in [0.25, 0.3) is 0 Å². The zero-order chi connectivity index (χ0) is 26.5. The highest BCUT2D eigenvalue weighted by Crippen LogP contribution is 2.34. The van der Waals surface area contributed by atoms with Gasteiger partial charge in [0.1, 0.15) is 24.0 Å². The Balaban J connectivity index is 1.93. The second-order valence-corrected chi connectivity index (χ2v) is 12.9. The highest BCUT2D eigenvalue weighted by molar-refractivity contribution is 6.60. The molecule has 0 saturated heterocycles. The minimum Gasteiger partial charge on any atom is -0.374 e. The van der Waals surface area contributed by atoms with Crippen LogP contribution >= 0.6 is 0 Å². The highest BCUT2D eigenvalue weighted by atomic mass is 28.4. The molecule has 0 spiro atoms. The van der Waals surface area contributed by atoms with E-state index in [9.17, 15) is 0 Å². The van der Waals surface area contributed by atoms with Gasteiger partial charge < -0.3 is 13.3 Å². The van der Waals surface area contributed by atoms with Crippen LogP contribution in [0.4, 0.5) is 11.4 Å². The smallest absolute Gasteiger partial charge is 0.374 e. The molecule has 36 heavy (non-hydrogen) atoms. The number of hydrogen-bond donors (Lipinski definition) is 0. The number of nitrogens with zero attached hydrogens (tertiary/aromatic N) is 2. The second-order valence-electron chi connectivity index (χ2n) is 10.2. The molecule has 1 unspecified atom stereocenters. The van der Waals surface area contributed by atoms with E-state index in [1.165, 1.54) is 44.8 Å². The summed E-state index contributed by atoms with van der Waals surface area (Å²) in [5, 5.41) is 0. The van der Waals surface area contributed by atoms with Crippen molar-refractivity contribution in [2.75, 3.05) is 31.3 Å². The van der Waals surface area contributed by atoms with Crippen molar-refractivity contribution in [3.05, 3.63) is 57.6 Å². The van der Waals surface area contributed by atoms with Crippen LogP contribution in [0.15, 0.2) is 24.3 Å². The summed E-state index contributed by atoms with van der Waals surface area (Å²) < 4.78 is 20.9. The number of anilines is 1. The van der Waals surface area contributed by atoms with Gasteiger partial charge in [0.15, 0.2) is 0 Å². The number of benzene rings is 2. The monoisotopic (exact) mass is 511 g/mol. The van der Waals surface area contributed by atoms with Crippen molar-refractivity contribution in [1.29, 1.82) is 0 Å². The van der Waals surface area contributed by atoms with E-state index in [1.54, 1.807) is 0 Å².